The fourth-order valence-corrected chi connectivity index (χ4v) is 3.88. The van der Waals surface area contributed by atoms with Crippen LogP contribution in [0.3, 0.4) is 0 Å². The molecule has 3 aromatic rings. The summed E-state index contributed by atoms with van der Waals surface area (Å²) in [5.74, 6) is 0.445. The van der Waals surface area contributed by atoms with Gasteiger partial charge in [-0.15, -0.1) is 0 Å². The van der Waals surface area contributed by atoms with Crippen molar-refractivity contribution in [3.63, 3.8) is 0 Å². The van der Waals surface area contributed by atoms with Gasteiger partial charge in [0.1, 0.15) is 5.75 Å². The number of benzene rings is 3. The molecule has 4 nitrogen and oxygen atoms in total. The Balaban J connectivity index is 1.57. The van der Waals surface area contributed by atoms with E-state index in [9.17, 15) is 9.59 Å². The fraction of sp³-hybridized carbons (Fsp3) is 0.0909. The first-order valence-electron chi connectivity index (χ1n) is 8.51. The van der Waals surface area contributed by atoms with Crippen LogP contribution in [0.1, 0.15) is 11.1 Å². The van der Waals surface area contributed by atoms with Crippen molar-refractivity contribution in [2.45, 2.75) is 6.54 Å². The number of hydrogen-bond donors (Lipinski definition) is 0. The average Bonchev–Trinajstić information content (AvgIpc) is 2.95. The molecule has 5 heteroatoms. The first-order valence-corrected chi connectivity index (χ1v) is 9.33. The Morgan fingerprint density at radius 1 is 0.963 bits per heavy atom. The Hall–Kier alpha value is -3.05. The van der Waals surface area contributed by atoms with E-state index in [-0.39, 0.29) is 17.7 Å². The van der Waals surface area contributed by atoms with Crippen LogP contribution in [0.15, 0.2) is 71.6 Å². The predicted octanol–water partition coefficient (Wildman–Crippen LogP) is 5.08. The number of nitrogens with zero attached hydrogens (tertiary/aromatic N) is 1. The Labute approximate surface area is 161 Å². The summed E-state index contributed by atoms with van der Waals surface area (Å²) in [5.41, 5.74) is 1.75. The van der Waals surface area contributed by atoms with Crippen LogP contribution < -0.4 is 4.74 Å². The number of rotatable bonds is 4. The molecule has 0 radical (unpaired) electrons. The molecule has 134 valence electrons. The number of carbonyl (C=O) groups is 2. The first-order chi connectivity index (χ1) is 13.1. The molecule has 0 unspecified atom stereocenters. The number of hydrogen-bond acceptors (Lipinski definition) is 4. The number of methoxy groups -OCH3 is 1. The molecular weight excluding hydrogens is 358 g/mol. The van der Waals surface area contributed by atoms with Crippen molar-refractivity contribution in [3.8, 4) is 5.75 Å². The summed E-state index contributed by atoms with van der Waals surface area (Å²) >= 11 is 0.971. The van der Waals surface area contributed by atoms with Gasteiger partial charge in [0.15, 0.2) is 0 Å². The quantitative estimate of drug-likeness (QED) is 0.596. The van der Waals surface area contributed by atoms with Crippen LogP contribution in [0, 0.1) is 0 Å². The van der Waals surface area contributed by atoms with Crippen molar-refractivity contribution in [1.29, 1.82) is 0 Å². The molecule has 27 heavy (non-hydrogen) atoms. The Morgan fingerprint density at radius 2 is 1.78 bits per heavy atom. The molecular formula is C22H17NO3S. The van der Waals surface area contributed by atoms with Gasteiger partial charge in [-0.1, -0.05) is 48.5 Å². The van der Waals surface area contributed by atoms with Crippen molar-refractivity contribution in [2.24, 2.45) is 0 Å². The summed E-state index contributed by atoms with van der Waals surface area (Å²) in [6, 6.07) is 21.4. The maximum absolute atomic E-state index is 12.7. The third kappa shape index (κ3) is 3.59. The van der Waals surface area contributed by atoms with Gasteiger partial charge in [0.2, 0.25) is 0 Å². The zero-order chi connectivity index (χ0) is 18.8. The molecule has 1 heterocycles. The maximum atomic E-state index is 12.7. The summed E-state index contributed by atoms with van der Waals surface area (Å²) in [6.45, 7) is 0.269. The molecule has 0 aliphatic carbocycles. The van der Waals surface area contributed by atoms with E-state index in [4.69, 9.17) is 4.74 Å². The lowest BCUT2D eigenvalue weighted by atomic mass is 10.1. The van der Waals surface area contributed by atoms with Gasteiger partial charge in [-0.25, -0.2) is 0 Å². The second-order valence-electron chi connectivity index (χ2n) is 6.23. The summed E-state index contributed by atoms with van der Waals surface area (Å²) in [7, 11) is 1.59. The second kappa shape index (κ2) is 7.29. The summed E-state index contributed by atoms with van der Waals surface area (Å²) in [5, 5.41) is 1.98. The van der Waals surface area contributed by atoms with E-state index in [1.807, 2.05) is 66.7 Å². The number of amides is 2. The van der Waals surface area contributed by atoms with Crippen molar-refractivity contribution in [1.82, 2.24) is 4.90 Å². The van der Waals surface area contributed by atoms with Crippen molar-refractivity contribution >= 4 is 39.8 Å². The Kier molecular flexibility index (Phi) is 4.69. The number of ether oxygens (including phenoxy) is 1. The van der Waals surface area contributed by atoms with Crippen LogP contribution >= 0.6 is 11.8 Å². The molecule has 1 saturated heterocycles. The van der Waals surface area contributed by atoms with Crippen molar-refractivity contribution in [3.05, 3.63) is 82.8 Å². The summed E-state index contributed by atoms with van der Waals surface area (Å²) in [4.78, 5) is 26.8. The monoisotopic (exact) mass is 375 g/mol. The zero-order valence-corrected chi connectivity index (χ0v) is 15.5. The van der Waals surface area contributed by atoms with E-state index < -0.39 is 0 Å². The lowest BCUT2D eigenvalue weighted by Gasteiger charge is -2.13. The second-order valence-corrected chi connectivity index (χ2v) is 7.22. The van der Waals surface area contributed by atoms with E-state index in [1.54, 1.807) is 13.2 Å². The number of fused-ring (bicyclic) bond motifs is 1. The molecule has 3 aromatic carbocycles. The molecule has 2 amide bonds. The third-order valence-electron chi connectivity index (χ3n) is 4.42. The molecule has 4 rings (SSSR count). The van der Waals surface area contributed by atoms with Crippen LogP contribution in [0.4, 0.5) is 4.79 Å². The van der Waals surface area contributed by atoms with E-state index in [0.717, 1.165) is 33.7 Å². The van der Waals surface area contributed by atoms with Gasteiger partial charge in [-0.2, -0.15) is 0 Å². The van der Waals surface area contributed by atoms with Gasteiger partial charge in [-0.05, 0) is 57.9 Å². The smallest absolute Gasteiger partial charge is 0.293 e. The molecule has 1 fully saturated rings. The van der Waals surface area contributed by atoms with E-state index in [2.05, 4.69) is 0 Å². The predicted molar refractivity (Wildman–Crippen MR) is 108 cm³/mol. The highest BCUT2D eigenvalue weighted by Gasteiger charge is 2.35. The largest absolute Gasteiger partial charge is 0.497 e. The standard InChI is InChI=1S/C22H17NO3S/c1-26-19-8-4-5-15(12-19)13-20-21(24)23(22(25)27-20)14-16-9-10-17-6-2-3-7-18(17)11-16/h2-13H,14H2,1H3/b20-13-. The van der Waals surface area contributed by atoms with E-state index >= 15 is 0 Å². The van der Waals surface area contributed by atoms with Gasteiger partial charge in [0.05, 0.1) is 18.6 Å². The van der Waals surface area contributed by atoms with Crippen LogP contribution in [0.5, 0.6) is 5.75 Å². The van der Waals surface area contributed by atoms with Crippen molar-refractivity contribution < 1.29 is 14.3 Å². The van der Waals surface area contributed by atoms with Gasteiger partial charge < -0.3 is 4.74 Å². The first kappa shape index (κ1) is 17.4. The topological polar surface area (TPSA) is 46.6 Å². The molecule has 0 bridgehead atoms. The summed E-state index contributed by atoms with van der Waals surface area (Å²) < 4.78 is 5.20. The van der Waals surface area contributed by atoms with Crippen LogP contribution in [0.25, 0.3) is 16.8 Å². The Bertz CT molecular complexity index is 1070. The van der Waals surface area contributed by atoms with Crippen molar-refractivity contribution in [2.75, 3.05) is 7.11 Å². The molecule has 0 aromatic heterocycles. The minimum atomic E-state index is -0.263. The van der Waals surface area contributed by atoms with Gasteiger partial charge in [0, 0.05) is 0 Å². The zero-order valence-electron chi connectivity index (χ0n) is 14.7. The molecule has 1 aliphatic heterocycles. The fourth-order valence-electron chi connectivity index (χ4n) is 3.04. The molecule has 0 N–H and O–H groups in total. The summed E-state index contributed by atoms with van der Waals surface area (Å²) in [6.07, 6.45) is 1.73. The highest BCUT2D eigenvalue weighted by molar-refractivity contribution is 8.18. The molecule has 1 aliphatic rings. The molecule has 0 spiro atoms. The molecule has 0 atom stereocenters. The van der Waals surface area contributed by atoms with Gasteiger partial charge in [0.25, 0.3) is 11.1 Å². The highest BCUT2D eigenvalue weighted by atomic mass is 32.2. The van der Waals surface area contributed by atoms with Gasteiger partial charge in [-0.3, -0.25) is 14.5 Å². The minimum Gasteiger partial charge on any atom is -0.497 e. The number of carbonyl (C=O) groups excluding carboxylic acids is 2. The number of thioether (sulfide) groups is 1. The Morgan fingerprint density at radius 3 is 2.59 bits per heavy atom. The highest BCUT2D eigenvalue weighted by Crippen LogP contribution is 2.34. The average molecular weight is 375 g/mol. The van der Waals surface area contributed by atoms with Gasteiger partial charge >= 0.3 is 0 Å². The van der Waals surface area contributed by atoms with E-state index in [1.165, 1.54) is 4.90 Å². The molecule has 0 saturated carbocycles. The number of imide groups is 1. The lowest BCUT2D eigenvalue weighted by molar-refractivity contribution is -0.123. The lowest BCUT2D eigenvalue weighted by Crippen LogP contribution is -2.27. The van der Waals surface area contributed by atoms with Crippen LogP contribution in [-0.4, -0.2) is 23.2 Å². The third-order valence-corrected chi connectivity index (χ3v) is 5.33. The SMILES string of the molecule is COc1cccc(/C=C2\SC(=O)N(Cc3ccc4ccccc4c3)C2=O)c1. The maximum Gasteiger partial charge on any atom is 0.293 e. The normalized spacial score (nSPS) is 15.7. The minimum absolute atomic E-state index is 0.248. The van der Waals surface area contributed by atoms with Crippen LogP contribution in [0.2, 0.25) is 0 Å². The van der Waals surface area contributed by atoms with E-state index in [0.29, 0.717) is 10.7 Å². The van der Waals surface area contributed by atoms with Crippen LogP contribution in [-0.2, 0) is 11.3 Å².